The minimum atomic E-state index is -0.762. The molecular weight excluding hydrogens is 260 g/mol. The van der Waals surface area contributed by atoms with E-state index in [0.29, 0.717) is 5.65 Å². The van der Waals surface area contributed by atoms with Gasteiger partial charge < -0.3 is 18.3 Å². The third-order valence-corrected chi connectivity index (χ3v) is 2.68. The summed E-state index contributed by atoms with van der Waals surface area (Å²) in [5, 5.41) is 0. The number of nitrogens with zero attached hydrogens (tertiary/aromatic N) is 2. The second-order valence-corrected chi connectivity index (χ2v) is 4.02. The van der Waals surface area contributed by atoms with Crippen LogP contribution in [0, 0.1) is 0 Å². The van der Waals surface area contributed by atoms with Crippen molar-refractivity contribution in [2.75, 3.05) is 6.61 Å². The monoisotopic (exact) mass is 272 g/mol. The molecule has 3 aromatic rings. The molecule has 0 amide bonds. The highest BCUT2D eigenvalue weighted by Crippen LogP contribution is 2.21. The maximum absolute atomic E-state index is 11.2. The van der Waals surface area contributed by atoms with Gasteiger partial charge in [0.05, 0.1) is 19.1 Å². The zero-order valence-corrected chi connectivity index (χ0v) is 10.8. The Kier molecular flexibility index (Phi) is 3.12. The predicted molar refractivity (Wildman–Crippen MR) is 70.5 cm³/mol. The molecule has 0 spiro atoms. The summed E-state index contributed by atoms with van der Waals surface area (Å²) >= 11 is 0. The van der Waals surface area contributed by atoms with Gasteiger partial charge in [-0.05, 0) is 31.2 Å². The number of ether oxygens (including phenoxy) is 2. The zero-order valence-electron chi connectivity index (χ0n) is 10.8. The van der Waals surface area contributed by atoms with Crippen LogP contribution in [-0.2, 0) is 4.74 Å². The first-order valence-electron chi connectivity index (χ1n) is 6.13. The quantitative estimate of drug-likeness (QED) is 0.685. The predicted octanol–water partition coefficient (Wildman–Crippen LogP) is 3.13. The molecule has 0 saturated carbocycles. The van der Waals surface area contributed by atoms with E-state index in [-0.39, 0.29) is 12.5 Å². The lowest BCUT2D eigenvalue weighted by atomic mass is 10.2. The summed E-state index contributed by atoms with van der Waals surface area (Å²) in [4.78, 5) is 15.4. The highest BCUT2D eigenvalue weighted by molar-refractivity contribution is 5.64. The third kappa shape index (κ3) is 2.35. The maximum atomic E-state index is 11.2. The van der Waals surface area contributed by atoms with E-state index in [2.05, 4.69) is 4.98 Å². The molecule has 6 nitrogen and oxygen atoms in total. The van der Waals surface area contributed by atoms with Gasteiger partial charge in [-0.15, -0.1) is 0 Å². The van der Waals surface area contributed by atoms with Crippen LogP contribution in [-0.4, -0.2) is 22.1 Å². The van der Waals surface area contributed by atoms with Crippen LogP contribution < -0.4 is 4.74 Å². The number of imidazole rings is 1. The molecule has 0 aliphatic heterocycles. The van der Waals surface area contributed by atoms with Gasteiger partial charge >= 0.3 is 6.16 Å². The molecule has 0 unspecified atom stereocenters. The van der Waals surface area contributed by atoms with Crippen LogP contribution in [0.3, 0.4) is 0 Å². The third-order valence-electron chi connectivity index (χ3n) is 2.68. The van der Waals surface area contributed by atoms with Crippen molar-refractivity contribution in [2.24, 2.45) is 0 Å². The van der Waals surface area contributed by atoms with E-state index in [9.17, 15) is 4.79 Å². The lowest BCUT2D eigenvalue weighted by Crippen LogP contribution is -2.10. The number of hydrogen-bond donors (Lipinski definition) is 0. The van der Waals surface area contributed by atoms with E-state index in [1.807, 2.05) is 30.5 Å². The average molecular weight is 272 g/mol. The molecule has 0 saturated heterocycles. The summed E-state index contributed by atoms with van der Waals surface area (Å²) in [7, 11) is 0. The van der Waals surface area contributed by atoms with Gasteiger partial charge in [0.2, 0.25) is 5.88 Å². The van der Waals surface area contributed by atoms with Crippen molar-refractivity contribution in [1.29, 1.82) is 0 Å². The first-order valence-corrected chi connectivity index (χ1v) is 6.13. The number of hydrogen-bond acceptors (Lipinski definition) is 5. The van der Waals surface area contributed by atoms with Gasteiger partial charge in [-0.2, -0.15) is 4.98 Å². The number of pyridine rings is 1. The number of furan rings is 1. The van der Waals surface area contributed by atoms with E-state index in [1.54, 1.807) is 23.8 Å². The van der Waals surface area contributed by atoms with Crippen LogP contribution >= 0.6 is 0 Å². The number of carbonyl (C=O) groups excluding carboxylic acids is 1. The summed E-state index contributed by atoms with van der Waals surface area (Å²) in [6.07, 6.45) is 4.31. The SMILES string of the molecule is CCOC(=O)Oc1cn2cc(-c3ccco3)ccc2n1. The second kappa shape index (κ2) is 5.08. The Morgan fingerprint density at radius 3 is 3.00 bits per heavy atom. The van der Waals surface area contributed by atoms with E-state index >= 15 is 0 Å². The molecule has 0 fully saturated rings. The molecule has 3 heterocycles. The van der Waals surface area contributed by atoms with Gasteiger partial charge in [0.25, 0.3) is 0 Å². The Bertz CT molecular complexity index is 731. The molecule has 0 bridgehead atoms. The molecule has 0 aliphatic carbocycles. The number of carbonyl (C=O) groups is 1. The van der Waals surface area contributed by atoms with Crippen LogP contribution in [0.15, 0.2) is 47.3 Å². The maximum Gasteiger partial charge on any atom is 0.515 e. The number of rotatable bonds is 3. The Morgan fingerprint density at radius 2 is 2.25 bits per heavy atom. The molecule has 102 valence electrons. The second-order valence-electron chi connectivity index (χ2n) is 4.02. The Morgan fingerprint density at radius 1 is 1.35 bits per heavy atom. The Labute approximate surface area is 114 Å². The lowest BCUT2D eigenvalue weighted by Gasteiger charge is -1.98. The fraction of sp³-hybridized carbons (Fsp3) is 0.143. The van der Waals surface area contributed by atoms with Crippen molar-refractivity contribution in [1.82, 2.24) is 9.38 Å². The highest BCUT2D eigenvalue weighted by atomic mass is 16.7. The summed E-state index contributed by atoms with van der Waals surface area (Å²) in [5.41, 5.74) is 1.57. The van der Waals surface area contributed by atoms with Crippen LogP contribution in [0.4, 0.5) is 4.79 Å². The summed E-state index contributed by atoms with van der Waals surface area (Å²) < 4.78 is 16.7. The molecule has 0 aliphatic rings. The van der Waals surface area contributed by atoms with Gasteiger partial charge in [0.1, 0.15) is 11.4 Å². The molecule has 0 atom stereocenters. The van der Waals surface area contributed by atoms with Gasteiger partial charge in [0.15, 0.2) is 0 Å². The number of fused-ring (bicyclic) bond motifs is 1. The molecule has 20 heavy (non-hydrogen) atoms. The highest BCUT2D eigenvalue weighted by Gasteiger charge is 2.10. The molecule has 0 radical (unpaired) electrons. The standard InChI is InChI=1S/C14H12N2O4/c1-2-18-14(17)20-13-9-16-8-10(5-6-12(16)15-13)11-4-3-7-19-11/h3-9H,2H2,1H3. The van der Waals surface area contributed by atoms with Crippen molar-refractivity contribution < 1.29 is 18.7 Å². The zero-order chi connectivity index (χ0) is 13.9. The molecular formula is C14H12N2O4. The van der Waals surface area contributed by atoms with Gasteiger partial charge in [-0.1, -0.05) is 0 Å². The Balaban J connectivity index is 1.89. The Hall–Kier alpha value is -2.76. The van der Waals surface area contributed by atoms with Crippen LogP contribution in [0.25, 0.3) is 17.0 Å². The van der Waals surface area contributed by atoms with E-state index in [1.165, 1.54) is 0 Å². The first-order chi connectivity index (χ1) is 9.76. The summed E-state index contributed by atoms with van der Waals surface area (Å²) in [6.45, 7) is 1.97. The van der Waals surface area contributed by atoms with E-state index in [0.717, 1.165) is 11.3 Å². The fourth-order valence-corrected chi connectivity index (χ4v) is 1.84. The normalized spacial score (nSPS) is 10.7. The van der Waals surface area contributed by atoms with Gasteiger partial charge in [-0.25, -0.2) is 4.79 Å². The van der Waals surface area contributed by atoms with Crippen molar-refractivity contribution in [3.63, 3.8) is 0 Å². The van der Waals surface area contributed by atoms with Crippen LogP contribution in [0.5, 0.6) is 5.88 Å². The molecule has 3 rings (SSSR count). The molecule has 6 heteroatoms. The molecule has 3 aromatic heterocycles. The minimum Gasteiger partial charge on any atom is -0.464 e. The average Bonchev–Trinajstić information content (AvgIpc) is 3.06. The number of aromatic nitrogens is 2. The summed E-state index contributed by atoms with van der Waals surface area (Å²) in [6, 6.07) is 7.39. The largest absolute Gasteiger partial charge is 0.515 e. The lowest BCUT2D eigenvalue weighted by molar-refractivity contribution is 0.103. The van der Waals surface area contributed by atoms with Crippen LogP contribution in [0.1, 0.15) is 6.92 Å². The smallest absolute Gasteiger partial charge is 0.464 e. The van der Waals surface area contributed by atoms with Crippen molar-refractivity contribution in [2.45, 2.75) is 6.92 Å². The van der Waals surface area contributed by atoms with E-state index < -0.39 is 6.16 Å². The molecule has 0 N–H and O–H groups in total. The minimum absolute atomic E-state index is 0.194. The van der Waals surface area contributed by atoms with Gasteiger partial charge in [-0.3, -0.25) is 0 Å². The van der Waals surface area contributed by atoms with Crippen LogP contribution in [0.2, 0.25) is 0 Å². The van der Waals surface area contributed by atoms with Crippen molar-refractivity contribution in [3.05, 3.63) is 42.9 Å². The first kappa shape index (κ1) is 12.3. The van der Waals surface area contributed by atoms with Crippen molar-refractivity contribution in [3.8, 4) is 17.2 Å². The van der Waals surface area contributed by atoms with Crippen molar-refractivity contribution >= 4 is 11.8 Å². The van der Waals surface area contributed by atoms with Gasteiger partial charge in [0, 0.05) is 11.8 Å². The summed E-state index contributed by atoms with van der Waals surface area (Å²) in [5.74, 6) is 0.952. The molecule has 0 aromatic carbocycles. The fourth-order valence-electron chi connectivity index (χ4n) is 1.84. The topological polar surface area (TPSA) is 66.0 Å². The van der Waals surface area contributed by atoms with E-state index in [4.69, 9.17) is 13.9 Å².